The Hall–Kier alpha value is -0.710. The number of ether oxygens (including phenoxy) is 1. The number of rotatable bonds is 5. The number of halogens is 1. The summed E-state index contributed by atoms with van der Waals surface area (Å²) >= 11 is 7.51. The van der Waals surface area contributed by atoms with Crippen molar-refractivity contribution in [3.8, 4) is 0 Å². The molecule has 116 valence electrons. The number of likely N-dealkylation sites (tertiary alicyclic amines) is 1. The highest BCUT2D eigenvalue weighted by atomic mass is 35.5. The van der Waals surface area contributed by atoms with Gasteiger partial charge in [0.1, 0.15) is 0 Å². The topological polar surface area (TPSA) is 29.5 Å². The summed E-state index contributed by atoms with van der Waals surface area (Å²) in [6, 6.07) is 7.77. The first-order chi connectivity index (χ1) is 10.1. The second kappa shape index (κ2) is 8.06. The van der Waals surface area contributed by atoms with Crippen molar-refractivity contribution in [3.05, 3.63) is 34.9 Å². The molecule has 2 rings (SSSR count). The number of methoxy groups -OCH3 is 1. The number of thioether (sulfide) groups is 1. The molecule has 1 heterocycles. The largest absolute Gasteiger partial charge is 0.379 e. The van der Waals surface area contributed by atoms with E-state index in [0.29, 0.717) is 11.7 Å². The minimum Gasteiger partial charge on any atom is -0.379 e. The van der Waals surface area contributed by atoms with Crippen molar-refractivity contribution in [3.63, 3.8) is 0 Å². The average Bonchev–Trinajstić information content (AvgIpc) is 2.49. The third-order valence-electron chi connectivity index (χ3n) is 3.95. The Bertz CT molecular complexity index is 466. The molecule has 2 atom stereocenters. The first-order valence-electron chi connectivity index (χ1n) is 7.23. The zero-order valence-corrected chi connectivity index (χ0v) is 14.1. The fourth-order valence-electron chi connectivity index (χ4n) is 2.50. The molecule has 1 saturated heterocycles. The molecule has 2 unspecified atom stereocenters. The Kier molecular flexibility index (Phi) is 6.40. The van der Waals surface area contributed by atoms with Gasteiger partial charge in [0.05, 0.1) is 11.9 Å². The van der Waals surface area contributed by atoms with E-state index in [1.54, 1.807) is 18.9 Å². The normalized spacial score (nSPS) is 22.3. The minimum atomic E-state index is 0.170. The van der Waals surface area contributed by atoms with Crippen molar-refractivity contribution in [1.82, 2.24) is 4.90 Å². The van der Waals surface area contributed by atoms with Crippen LogP contribution >= 0.6 is 23.4 Å². The second-order valence-electron chi connectivity index (χ2n) is 5.50. The summed E-state index contributed by atoms with van der Waals surface area (Å²) in [5, 5.41) is 0.743. The molecule has 0 N–H and O–H groups in total. The zero-order valence-electron chi connectivity index (χ0n) is 12.5. The van der Waals surface area contributed by atoms with Gasteiger partial charge in [0.15, 0.2) is 0 Å². The van der Waals surface area contributed by atoms with Gasteiger partial charge >= 0.3 is 0 Å². The number of carbonyl (C=O) groups excluding carboxylic acids is 1. The number of benzene rings is 1. The summed E-state index contributed by atoms with van der Waals surface area (Å²) < 4.78 is 5.46. The number of amides is 1. The lowest BCUT2D eigenvalue weighted by Crippen LogP contribution is -2.47. The molecule has 1 aliphatic heterocycles. The Labute approximate surface area is 136 Å². The van der Waals surface area contributed by atoms with E-state index in [1.807, 2.05) is 29.2 Å². The third-order valence-corrected chi connectivity index (χ3v) is 5.19. The van der Waals surface area contributed by atoms with Crippen molar-refractivity contribution in [1.29, 1.82) is 0 Å². The smallest absolute Gasteiger partial charge is 0.232 e. The van der Waals surface area contributed by atoms with Crippen molar-refractivity contribution < 1.29 is 9.53 Å². The van der Waals surface area contributed by atoms with Crippen LogP contribution < -0.4 is 0 Å². The van der Waals surface area contributed by atoms with E-state index in [2.05, 4.69) is 6.92 Å². The zero-order chi connectivity index (χ0) is 15.2. The fourth-order valence-corrected chi connectivity index (χ4v) is 3.51. The molecule has 1 aromatic rings. The van der Waals surface area contributed by atoms with Crippen LogP contribution in [0.25, 0.3) is 0 Å². The van der Waals surface area contributed by atoms with E-state index in [1.165, 1.54) is 5.56 Å². The van der Waals surface area contributed by atoms with E-state index in [9.17, 15) is 4.79 Å². The fraction of sp³-hybridized carbons (Fsp3) is 0.562. The van der Waals surface area contributed by atoms with Crippen molar-refractivity contribution in [2.24, 2.45) is 5.92 Å². The van der Waals surface area contributed by atoms with Crippen molar-refractivity contribution in [2.45, 2.75) is 25.2 Å². The van der Waals surface area contributed by atoms with Crippen LogP contribution in [-0.4, -0.2) is 42.9 Å². The average molecular weight is 328 g/mol. The van der Waals surface area contributed by atoms with E-state index in [-0.39, 0.29) is 12.0 Å². The van der Waals surface area contributed by atoms with Gasteiger partial charge in [-0.15, -0.1) is 11.8 Å². The number of carbonyl (C=O) groups is 1. The summed E-state index contributed by atoms with van der Waals surface area (Å²) in [6.07, 6.45) is 1.19. The predicted octanol–water partition coefficient (Wildman–Crippen LogP) is 3.46. The van der Waals surface area contributed by atoms with Crippen LogP contribution in [-0.2, 0) is 15.3 Å². The summed E-state index contributed by atoms with van der Waals surface area (Å²) in [7, 11) is 1.73. The van der Waals surface area contributed by atoms with Gasteiger partial charge in [-0.1, -0.05) is 30.7 Å². The van der Waals surface area contributed by atoms with Gasteiger partial charge in [0, 0.05) is 31.0 Å². The van der Waals surface area contributed by atoms with Crippen LogP contribution in [0.2, 0.25) is 5.02 Å². The van der Waals surface area contributed by atoms with Crippen LogP contribution in [0.3, 0.4) is 0 Å². The Morgan fingerprint density at radius 3 is 2.81 bits per heavy atom. The molecule has 21 heavy (non-hydrogen) atoms. The van der Waals surface area contributed by atoms with Crippen LogP contribution in [0.15, 0.2) is 24.3 Å². The number of nitrogens with zero attached hydrogens (tertiary/aromatic N) is 1. The summed E-state index contributed by atoms with van der Waals surface area (Å²) in [5.41, 5.74) is 1.19. The molecule has 1 amide bonds. The number of hydrogen-bond donors (Lipinski definition) is 0. The standard InChI is InChI=1S/C16H22ClNO2S/c1-12-7-8-18(9-15(12)20-2)16(19)11-21-10-13-3-5-14(17)6-4-13/h3-6,12,15H,7-11H2,1-2H3. The summed E-state index contributed by atoms with van der Waals surface area (Å²) in [5.74, 6) is 2.09. The highest BCUT2D eigenvalue weighted by molar-refractivity contribution is 7.99. The van der Waals surface area contributed by atoms with Gasteiger partial charge in [-0.3, -0.25) is 4.79 Å². The maximum absolute atomic E-state index is 12.2. The molecule has 3 nitrogen and oxygen atoms in total. The molecule has 1 fully saturated rings. The predicted molar refractivity (Wildman–Crippen MR) is 88.8 cm³/mol. The van der Waals surface area contributed by atoms with E-state index in [0.717, 1.165) is 30.3 Å². The third kappa shape index (κ3) is 4.90. The van der Waals surface area contributed by atoms with E-state index < -0.39 is 0 Å². The molecule has 1 aliphatic rings. The van der Waals surface area contributed by atoms with Crippen LogP contribution in [0, 0.1) is 5.92 Å². The lowest BCUT2D eigenvalue weighted by Gasteiger charge is -2.36. The first-order valence-corrected chi connectivity index (χ1v) is 8.76. The molecule has 0 aromatic heterocycles. The molecule has 0 bridgehead atoms. The Balaban J connectivity index is 1.75. The quantitative estimate of drug-likeness (QED) is 0.829. The highest BCUT2D eigenvalue weighted by Crippen LogP contribution is 2.21. The maximum Gasteiger partial charge on any atom is 0.232 e. The van der Waals surface area contributed by atoms with Gasteiger partial charge in [-0.05, 0) is 30.0 Å². The van der Waals surface area contributed by atoms with Crippen LogP contribution in [0.5, 0.6) is 0 Å². The van der Waals surface area contributed by atoms with Gasteiger partial charge < -0.3 is 9.64 Å². The Morgan fingerprint density at radius 1 is 1.43 bits per heavy atom. The lowest BCUT2D eigenvalue weighted by atomic mass is 9.96. The van der Waals surface area contributed by atoms with Gasteiger partial charge in [-0.2, -0.15) is 0 Å². The minimum absolute atomic E-state index is 0.170. The highest BCUT2D eigenvalue weighted by Gasteiger charge is 2.28. The van der Waals surface area contributed by atoms with Gasteiger partial charge in [0.2, 0.25) is 5.91 Å². The van der Waals surface area contributed by atoms with E-state index in [4.69, 9.17) is 16.3 Å². The molecule has 0 saturated carbocycles. The number of hydrogen-bond acceptors (Lipinski definition) is 3. The monoisotopic (exact) mass is 327 g/mol. The molecular weight excluding hydrogens is 306 g/mol. The van der Waals surface area contributed by atoms with Crippen LogP contribution in [0.1, 0.15) is 18.9 Å². The molecule has 5 heteroatoms. The number of piperidine rings is 1. The van der Waals surface area contributed by atoms with Gasteiger partial charge in [0.25, 0.3) is 0 Å². The summed E-state index contributed by atoms with van der Waals surface area (Å²) in [4.78, 5) is 14.2. The molecule has 0 aliphatic carbocycles. The molecule has 1 aromatic carbocycles. The van der Waals surface area contributed by atoms with Crippen molar-refractivity contribution >= 4 is 29.3 Å². The molecule has 0 radical (unpaired) electrons. The first kappa shape index (κ1) is 16.7. The summed E-state index contributed by atoms with van der Waals surface area (Å²) in [6.45, 7) is 3.75. The SMILES string of the molecule is COC1CN(C(=O)CSCc2ccc(Cl)cc2)CCC1C. The second-order valence-corrected chi connectivity index (χ2v) is 6.92. The van der Waals surface area contributed by atoms with Gasteiger partial charge in [-0.25, -0.2) is 0 Å². The maximum atomic E-state index is 12.2. The van der Waals surface area contributed by atoms with Crippen LogP contribution in [0.4, 0.5) is 0 Å². The van der Waals surface area contributed by atoms with Crippen molar-refractivity contribution in [2.75, 3.05) is 26.0 Å². The lowest BCUT2D eigenvalue weighted by molar-refractivity contribution is -0.133. The Morgan fingerprint density at radius 2 is 2.14 bits per heavy atom. The van der Waals surface area contributed by atoms with E-state index >= 15 is 0 Å². The molecular formula is C16H22ClNO2S. The molecule has 0 spiro atoms.